The monoisotopic (exact) mass is 419 g/mol. The molecule has 2 aliphatic rings. The van der Waals surface area contributed by atoms with Crippen molar-refractivity contribution in [3.05, 3.63) is 47.4 Å². The number of hydrogen-bond acceptors (Lipinski definition) is 7. The molecule has 0 spiro atoms. The Morgan fingerprint density at radius 1 is 1.13 bits per heavy atom. The molecule has 0 amide bonds. The van der Waals surface area contributed by atoms with Crippen molar-refractivity contribution in [2.45, 2.75) is 32.4 Å². The van der Waals surface area contributed by atoms with Crippen molar-refractivity contribution in [2.75, 3.05) is 39.5 Å². The summed E-state index contributed by atoms with van der Waals surface area (Å²) in [6.45, 7) is 6.29. The van der Waals surface area contributed by atoms with E-state index in [9.17, 15) is 0 Å². The average Bonchev–Trinajstić information content (AvgIpc) is 3.38. The third-order valence-electron chi connectivity index (χ3n) is 6.34. The van der Waals surface area contributed by atoms with Crippen LogP contribution in [0.1, 0.15) is 29.2 Å². The van der Waals surface area contributed by atoms with Gasteiger partial charge in [-0.05, 0) is 69.2 Å². The fourth-order valence-corrected chi connectivity index (χ4v) is 4.62. The van der Waals surface area contributed by atoms with Gasteiger partial charge in [0.25, 0.3) is 5.88 Å². The van der Waals surface area contributed by atoms with Gasteiger partial charge < -0.3 is 20.3 Å². The van der Waals surface area contributed by atoms with E-state index in [0.717, 1.165) is 50.3 Å². The number of benzene rings is 1. The van der Waals surface area contributed by atoms with Gasteiger partial charge in [0.15, 0.2) is 11.6 Å². The van der Waals surface area contributed by atoms with Crippen molar-refractivity contribution in [1.29, 1.82) is 0 Å². The van der Waals surface area contributed by atoms with Crippen LogP contribution in [0.3, 0.4) is 0 Å². The number of rotatable bonds is 4. The van der Waals surface area contributed by atoms with Crippen LogP contribution in [0.4, 0.5) is 5.82 Å². The molecule has 2 N–H and O–H groups in total. The second-order valence-corrected chi connectivity index (χ2v) is 8.83. The van der Waals surface area contributed by atoms with Crippen LogP contribution in [0.25, 0.3) is 11.3 Å². The fourth-order valence-electron chi connectivity index (χ4n) is 4.62. The molecule has 1 atom stereocenters. The number of fused-ring (bicyclic) bond motifs is 1. The van der Waals surface area contributed by atoms with Crippen molar-refractivity contribution in [1.82, 2.24) is 29.5 Å². The topological polar surface area (TPSA) is 85.3 Å². The smallest absolute Gasteiger partial charge is 0.263 e. The molecule has 8 nitrogen and oxygen atoms in total. The molecule has 0 saturated carbocycles. The Kier molecular flexibility index (Phi) is 5.11. The number of likely N-dealkylation sites (N-methyl/N-ethyl adjacent to an activating group) is 2. The summed E-state index contributed by atoms with van der Waals surface area (Å²) in [6.07, 6.45) is 7.51. The predicted molar refractivity (Wildman–Crippen MR) is 120 cm³/mol. The van der Waals surface area contributed by atoms with Crippen LogP contribution in [0.2, 0.25) is 0 Å². The summed E-state index contributed by atoms with van der Waals surface area (Å²) < 4.78 is 7.96. The van der Waals surface area contributed by atoms with Gasteiger partial charge in [0.05, 0.1) is 30.3 Å². The molecule has 3 aromatic rings. The molecular formula is C23H29N7O. The quantitative estimate of drug-likeness (QED) is 0.696. The van der Waals surface area contributed by atoms with Gasteiger partial charge in [0.2, 0.25) is 0 Å². The van der Waals surface area contributed by atoms with E-state index in [2.05, 4.69) is 53.0 Å². The lowest BCUT2D eigenvalue weighted by molar-refractivity contribution is 0.312. The van der Waals surface area contributed by atoms with E-state index in [1.807, 2.05) is 10.9 Å². The molecule has 8 heteroatoms. The van der Waals surface area contributed by atoms with Gasteiger partial charge in [0, 0.05) is 25.2 Å². The Labute approximate surface area is 182 Å². The van der Waals surface area contributed by atoms with E-state index in [-0.39, 0.29) is 5.82 Å². The summed E-state index contributed by atoms with van der Waals surface area (Å²) >= 11 is 0. The minimum atomic E-state index is 0.270. The first-order chi connectivity index (χ1) is 15.0. The van der Waals surface area contributed by atoms with Crippen LogP contribution in [0.5, 0.6) is 11.6 Å². The van der Waals surface area contributed by atoms with Crippen LogP contribution < -0.4 is 10.5 Å². The van der Waals surface area contributed by atoms with Crippen LogP contribution >= 0.6 is 0 Å². The summed E-state index contributed by atoms with van der Waals surface area (Å²) in [5, 5.41) is 4.48. The molecule has 2 aromatic heterocycles. The molecule has 4 heterocycles. The third-order valence-corrected chi connectivity index (χ3v) is 6.34. The maximum Gasteiger partial charge on any atom is 0.263 e. The Balaban J connectivity index is 1.41. The van der Waals surface area contributed by atoms with Gasteiger partial charge in [-0.15, -0.1) is 0 Å². The maximum absolute atomic E-state index is 6.08. The number of likely N-dealkylation sites (tertiary alicyclic amines) is 1. The van der Waals surface area contributed by atoms with E-state index in [1.165, 1.54) is 16.7 Å². The van der Waals surface area contributed by atoms with Gasteiger partial charge in [0.1, 0.15) is 0 Å². The molecule has 0 bridgehead atoms. The zero-order chi connectivity index (χ0) is 21.5. The van der Waals surface area contributed by atoms with E-state index in [1.54, 1.807) is 12.4 Å². The van der Waals surface area contributed by atoms with E-state index in [0.29, 0.717) is 17.7 Å². The predicted octanol–water partition coefficient (Wildman–Crippen LogP) is 2.89. The second kappa shape index (κ2) is 7.94. The number of anilines is 1. The van der Waals surface area contributed by atoms with Crippen molar-refractivity contribution >= 4 is 5.82 Å². The van der Waals surface area contributed by atoms with Crippen LogP contribution in [0, 0.1) is 6.92 Å². The normalized spacial score (nSPS) is 19.5. The third kappa shape index (κ3) is 4.00. The first-order valence-electron chi connectivity index (χ1n) is 10.8. The van der Waals surface area contributed by atoms with E-state index in [4.69, 9.17) is 15.5 Å². The highest BCUT2D eigenvalue weighted by Gasteiger charge is 2.22. The highest BCUT2D eigenvalue weighted by Crippen LogP contribution is 2.31. The molecule has 1 fully saturated rings. The van der Waals surface area contributed by atoms with Crippen molar-refractivity contribution in [2.24, 2.45) is 0 Å². The Morgan fingerprint density at radius 3 is 2.81 bits per heavy atom. The molecule has 1 aromatic carbocycles. The lowest BCUT2D eigenvalue weighted by atomic mass is 9.92. The lowest BCUT2D eigenvalue weighted by Gasteiger charge is -2.27. The second-order valence-electron chi connectivity index (χ2n) is 8.83. The minimum Gasteiger partial charge on any atom is -0.433 e. The number of aryl methyl sites for hydroxylation is 1. The SMILES string of the molecule is Cc1cc(-c2cnc(N)c(Oc3cnn([C@@H]4CCN(C)C4)c3)n2)cc2c1CCN(C)C2. The number of nitrogens with zero attached hydrogens (tertiary/aromatic N) is 6. The highest BCUT2D eigenvalue weighted by molar-refractivity contribution is 5.64. The Morgan fingerprint density at radius 2 is 2.00 bits per heavy atom. The number of nitrogen functional groups attached to an aromatic ring is 1. The minimum absolute atomic E-state index is 0.270. The fraction of sp³-hybridized carbons (Fsp3) is 0.435. The van der Waals surface area contributed by atoms with Crippen LogP contribution in [-0.4, -0.2) is 63.3 Å². The zero-order valence-corrected chi connectivity index (χ0v) is 18.4. The van der Waals surface area contributed by atoms with Gasteiger partial charge in [-0.3, -0.25) is 4.68 Å². The van der Waals surface area contributed by atoms with Gasteiger partial charge in [-0.2, -0.15) is 5.10 Å². The van der Waals surface area contributed by atoms with Crippen molar-refractivity contribution in [3.63, 3.8) is 0 Å². The Bertz CT molecular complexity index is 1110. The number of hydrogen-bond donors (Lipinski definition) is 1. The molecule has 5 rings (SSSR count). The standard InChI is InChI=1S/C23H29N7O/c1-15-8-16(9-17-12-28(2)7-5-20(15)17)21-11-25-22(24)23(27-21)31-19-10-26-30(14-19)18-4-6-29(3)13-18/h8-11,14,18H,4-7,12-13H2,1-3H3,(H2,24,25)/t18-/m1/s1. The first-order valence-corrected chi connectivity index (χ1v) is 10.8. The molecule has 2 aliphatic heterocycles. The first kappa shape index (κ1) is 20.0. The highest BCUT2D eigenvalue weighted by atomic mass is 16.5. The van der Waals surface area contributed by atoms with Gasteiger partial charge >= 0.3 is 0 Å². The van der Waals surface area contributed by atoms with Gasteiger partial charge in [-0.1, -0.05) is 0 Å². The maximum atomic E-state index is 6.08. The van der Waals surface area contributed by atoms with Crippen molar-refractivity contribution < 1.29 is 4.74 Å². The molecule has 0 unspecified atom stereocenters. The van der Waals surface area contributed by atoms with E-state index >= 15 is 0 Å². The molecule has 31 heavy (non-hydrogen) atoms. The summed E-state index contributed by atoms with van der Waals surface area (Å²) in [7, 11) is 4.28. The molecule has 1 saturated heterocycles. The largest absolute Gasteiger partial charge is 0.433 e. The summed E-state index contributed by atoms with van der Waals surface area (Å²) in [6, 6.07) is 4.77. The van der Waals surface area contributed by atoms with Crippen LogP contribution in [-0.2, 0) is 13.0 Å². The summed E-state index contributed by atoms with van der Waals surface area (Å²) in [5.74, 6) is 1.20. The molecule has 0 radical (unpaired) electrons. The Hall–Kier alpha value is -2.97. The number of nitrogens with two attached hydrogens (primary N) is 1. The van der Waals surface area contributed by atoms with E-state index < -0.39 is 0 Å². The van der Waals surface area contributed by atoms with Crippen molar-refractivity contribution in [3.8, 4) is 22.9 Å². The molecule has 0 aliphatic carbocycles. The van der Waals surface area contributed by atoms with Gasteiger partial charge in [-0.25, -0.2) is 9.97 Å². The average molecular weight is 420 g/mol. The number of aromatic nitrogens is 4. The molecule has 162 valence electrons. The number of ether oxygens (including phenoxy) is 1. The lowest BCUT2D eigenvalue weighted by Crippen LogP contribution is -2.27. The summed E-state index contributed by atoms with van der Waals surface area (Å²) in [5.41, 5.74) is 12.0. The zero-order valence-electron chi connectivity index (χ0n) is 18.4. The summed E-state index contributed by atoms with van der Waals surface area (Å²) in [4.78, 5) is 13.7. The van der Waals surface area contributed by atoms with Crippen LogP contribution in [0.15, 0.2) is 30.7 Å². The molecular weight excluding hydrogens is 390 g/mol.